The number of aromatic nitrogens is 1. The lowest BCUT2D eigenvalue weighted by Gasteiger charge is -2.00. The second-order valence-corrected chi connectivity index (χ2v) is 5.97. The Bertz CT molecular complexity index is 689. The highest BCUT2D eigenvalue weighted by Crippen LogP contribution is 2.25. The monoisotopic (exact) mass is 282 g/mol. The third-order valence-electron chi connectivity index (χ3n) is 3.27. The van der Waals surface area contributed by atoms with Gasteiger partial charge in [-0.05, 0) is 29.8 Å². The molecule has 0 spiro atoms. The minimum Gasteiger partial charge on any atom is -0.313 e. The van der Waals surface area contributed by atoms with Crippen LogP contribution in [0.1, 0.15) is 23.1 Å². The van der Waals surface area contributed by atoms with E-state index >= 15 is 0 Å². The van der Waals surface area contributed by atoms with Crippen molar-refractivity contribution in [2.24, 2.45) is 0 Å². The number of nitrogens with one attached hydrogen (secondary N) is 1. The molecule has 0 saturated carbocycles. The van der Waals surface area contributed by atoms with Crippen LogP contribution < -0.4 is 5.32 Å². The number of rotatable bonds is 5. The van der Waals surface area contributed by atoms with E-state index in [-0.39, 0.29) is 0 Å². The lowest BCUT2D eigenvalue weighted by atomic mass is 10.2. The van der Waals surface area contributed by atoms with Crippen molar-refractivity contribution in [2.75, 3.05) is 6.54 Å². The van der Waals surface area contributed by atoms with Crippen LogP contribution in [0.3, 0.4) is 0 Å². The number of fused-ring (bicyclic) bond motifs is 1. The number of hydrogen-bond donors (Lipinski definition) is 1. The minimum atomic E-state index is 0.919. The average molecular weight is 282 g/mol. The lowest BCUT2D eigenvalue weighted by molar-refractivity contribution is 0.727. The van der Waals surface area contributed by atoms with Crippen LogP contribution in [-0.2, 0) is 13.0 Å². The Kier molecular flexibility index (Phi) is 4.09. The summed E-state index contributed by atoms with van der Waals surface area (Å²) in [7, 11) is 0. The van der Waals surface area contributed by atoms with Gasteiger partial charge in [-0.3, -0.25) is 0 Å². The quantitative estimate of drug-likeness (QED) is 0.765. The molecule has 20 heavy (non-hydrogen) atoms. The third kappa shape index (κ3) is 3.06. The molecule has 1 heterocycles. The van der Waals surface area contributed by atoms with Gasteiger partial charge in [0.2, 0.25) is 0 Å². The van der Waals surface area contributed by atoms with E-state index in [2.05, 4.69) is 60.8 Å². The first-order valence-electron chi connectivity index (χ1n) is 6.98. The van der Waals surface area contributed by atoms with Gasteiger partial charge in [0, 0.05) is 13.0 Å². The zero-order valence-corrected chi connectivity index (χ0v) is 12.4. The van der Waals surface area contributed by atoms with Crippen LogP contribution in [0.15, 0.2) is 48.5 Å². The molecule has 0 aliphatic heterocycles. The highest BCUT2D eigenvalue weighted by atomic mass is 32.1. The Balaban J connectivity index is 1.83. The van der Waals surface area contributed by atoms with Gasteiger partial charge in [-0.2, -0.15) is 0 Å². The Labute approximate surface area is 123 Å². The van der Waals surface area contributed by atoms with Crippen molar-refractivity contribution >= 4 is 21.6 Å². The molecular formula is C17H18N2S. The molecule has 1 N–H and O–H groups in total. The van der Waals surface area contributed by atoms with E-state index in [1.54, 1.807) is 11.3 Å². The maximum Gasteiger partial charge on any atom is 0.0982 e. The Hall–Kier alpha value is -1.71. The Morgan fingerprint density at radius 3 is 2.70 bits per heavy atom. The Morgan fingerprint density at radius 1 is 1.05 bits per heavy atom. The van der Waals surface area contributed by atoms with Crippen LogP contribution in [-0.4, -0.2) is 11.5 Å². The molecule has 3 heteroatoms. The predicted molar refractivity (Wildman–Crippen MR) is 86.2 cm³/mol. The van der Waals surface area contributed by atoms with Crippen molar-refractivity contribution in [3.8, 4) is 0 Å². The third-order valence-corrected chi connectivity index (χ3v) is 4.29. The molecule has 2 nitrogen and oxygen atoms in total. The van der Waals surface area contributed by atoms with Gasteiger partial charge in [0.1, 0.15) is 0 Å². The molecule has 0 amide bonds. The lowest BCUT2D eigenvalue weighted by Crippen LogP contribution is -2.11. The number of benzene rings is 2. The van der Waals surface area contributed by atoms with Crippen LogP contribution >= 0.6 is 11.3 Å². The Morgan fingerprint density at radius 2 is 1.90 bits per heavy atom. The van der Waals surface area contributed by atoms with Gasteiger partial charge in [0.05, 0.1) is 15.2 Å². The maximum absolute atomic E-state index is 4.73. The van der Waals surface area contributed by atoms with Crippen molar-refractivity contribution < 1.29 is 0 Å². The summed E-state index contributed by atoms with van der Waals surface area (Å²) in [6.45, 7) is 4.06. The molecule has 0 saturated heterocycles. The van der Waals surface area contributed by atoms with E-state index in [0.29, 0.717) is 0 Å². The van der Waals surface area contributed by atoms with Gasteiger partial charge in [0.25, 0.3) is 0 Å². The normalized spacial score (nSPS) is 11.1. The molecule has 3 rings (SSSR count). The number of nitrogens with zero attached hydrogens (tertiary/aromatic N) is 1. The summed E-state index contributed by atoms with van der Waals surface area (Å²) in [6.07, 6.45) is 0.919. The van der Waals surface area contributed by atoms with Crippen LogP contribution in [0.2, 0.25) is 0 Å². The number of thiazole rings is 1. The number of hydrogen-bond acceptors (Lipinski definition) is 3. The summed E-state index contributed by atoms with van der Waals surface area (Å²) < 4.78 is 1.28. The molecule has 0 fully saturated rings. The maximum atomic E-state index is 4.73. The van der Waals surface area contributed by atoms with E-state index in [1.165, 1.54) is 20.8 Å². The van der Waals surface area contributed by atoms with Crippen molar-refractivity contribution in [1.82, 2.24) is 10.3 Å². The molecule has 0 atom stereocenters. The van der Waals surface area contributed by atoms with Crippen molar-refractivity contribution in [1.29, 1.82) is 0 Å². The highest BCUT2D eigenvalue weighted by Gasteiger charge is 2.05. The summed E-state index contributed by atoms with van der Waals surface area (Å²) in [5.74, 6) is 0. The van der Waals surface area contributed by atoms with Crippen molar-refractivity contribution in [3.63, 3.8) is 0 Å². The minimum absolute atomic E-state index is 0.919. The first-order chi connectivity index (χ1) is 9.85. The zero-order chi connectivity index (χ0) is 13.8. The topological polar surface area (TPSA) is 24.9 Å². The van der Waals surface area contributed by atoms with Gasteiger partial charge < -0.3 is 5.32 Å². The van der Waals surface area contributed by atoms with Gasteiger partial charge in [-0.15, -0.1) is 11.3 Å². The molecule has 0 radical (unpaired) electrons. The second kappa shape index (κ2) is 6.16. The molecule has 2 aromatic carbocycles. The highest BCUT2D eigenvalue weighted by molar-refractivity contribution is 7.18. The van der Waals surface area contributed by atoms with Crippen molar-refractivity contribution in [2.45, 2.75) is 19.9 Å². The SMILES string of the molecule is CCNCc1ccc2nc(Cc3ccccc3)sc2c1. The summed E-state index contributed by atoms with van der Waals surface area (Å²) in [5.41, 5.74) is 3.76. The van der Waals surface area contributed by atoms with Gasteiger partial charge in [-0.1, -0.05) is 43.3 Å². The van der Waals surface area contributed by atoms with Gasteiger partial charge in [-0.25, -0.2) is 4.98 Å². The summed E-state index contributed by atoms with van der Waals surface area (Å²) in [5, 5.41) is 4.55. The molecule has 3 aromatic rings. The summed E-state index contributed by atoms with van der Waals surface area (Å²) in [6, 6.07) is 17.1. The summed E-state index contributed by atoms with van der Waals surface area (Å²) >= 11 is 1.80. The van der Waals surface area contributed by atoms with Crippen LogP contribution in [0.4, 0.5) is 0 Å². The zero-order valence-electron chi connectivity index (χ0n) is 11.6. The van der Waals surface area contributed by atoms with E-state index in [4.69, 9.17) is 4.98 Å². The molecular weight excluding hydrogens is 264 g/mol. The molecule has 0 aliphatic rings. The molecule has 102 valence electrons. The van der Waals surface area contributed by atoms with Crippen molar-refractivity contribution in [3.05, 3.63) is 64.7 Å². The fourth-order valence-electron chi connectivity index (χ4n) is 2.24. The second-order valence-electron chi connectivity index (χ2n) is 4.85. The van der Waals surface area contributed by atoms with Crippen LogP contribution in [0.25, 0.3) is 10.2 Å². The predicted octanol–water partition coefficient (Wildman–Crippen LogP) is 4.00. The first kappa shape index (κ1) is 13.3. The molecule has 0 aliphatic carbocycles. The molecule has 0 bridgehead atoms. The fraction of sp³-hybridized carbons (Fsp3) is 0.235. The molecule has 1 aromatic heterocycles. The van der Waals surface area contributed by atoms with E-state index in [0.717, 1.165) is 25.0 Å². The van der Waals surface area contributed by atoms with E-state index in [9.17, 15) is 0 Å². The van der Waals surface area contributed by atoms with E-state index in [1.807, 2.05) is 0 Å². The molecule has 0 unspecified atom stereocenters. The summed E-state index contributed by atoms with van der Waals surface area (Å²) in [4.78, 5) is 4.73. The fourth-order valence-corrected chi connectivity index (χ4v) is 3.31. The van der Waals surface area contributed by atoms with Gasteiger partial charge >= 0.3 is 0 Å². The van der Waals surface area contributed by atoms with Crippen LogP contribution in [0.5, 0.6) is 0 Å². The van der Waals surface area contributed by atoms with Crippen LogP contribution in [0, 0.1) is 0 Å². The first-order valence-corrected chi connectivity index (χ1v) is 7.80. The van der Waals surface area contributed by atoms with E-state index < -0.39 is 0 Å². The smallest absolute Gasteiger partial charge is 0.0982 e. The standard InChI is InChI=1S/C17H18N2S/c1-2-18-12-14-8-9-15-16(10-14)20-17(19-15)11-13-6-4-3-5-7-13/h3-10,18H,2,11-12H2,1H3. The largest absolute Gasteiger partial charge is 0.313 e. The average Bonchev–Trinajstić information content (AvgIpc) is 2.87. The van der Waals surface area contributed by atoms with Gasteiger partial charge in [0.15, 0.2) is 0 Å².